The maximum atomic E-state index is 13.0. The zero-order valence-corrected chi connectivity index (χ0v) is 27.5. The summed E-state index contributed by atoms with van der Waals surface area (Å²) in [5.41, 5.74) is 2.89. The molecule has 0 aliphatic carbocycles. The number of hydrogen-bond acceptors (Lipinski definition) is 8. The third-order valence-electron chi connectivity index (χ3n) is 6.87. The van der Waals surface area contributed by atoms with Gasteiger partial charge in [0, 0.05) is 61.5 Å². The second-order valence-corrected chi connectivity index (χ2v) is 12.9. The molecule has 0 bridgehead atoms. The molecule has 244 valence electrons. The summed E-state index contributed by atoms with van der Waals surface area (Å²) in [5.74, 6) is -0.407. The van der Waals surface area contributed by atoms with Gasteiger partial charge in [-0.3, -0.25) is 9.59 Å². The van der Waals surface area contributed by atoms with Crippen LogP contribution in [0.3, 0.4) is 0 Å². The molecular formula is C30H42Cl2N4O7S. The number of benzene rings is 2. The Morgan fingerprint density at radius 1 is 0.909 bits per heavy atom. The highest BCUT2D eigenvalue weighted by molar-refractivity contribution is 7.89. The van der Waals surface area contributed by atoms with Crippen molar-refractivity contribution in [2.45, 2.75) is 37.1 Å². The molecule has 2 aromatic rings. The van der Waals surface area contributed by atoms with Gasteiger partial charge in [0.15, 0.2) is 0 Å². The Morgan fingerprint density at radius 2 is 1.55 bits per heavy atom. The van der Waals surface area contributed by atoms with Crippen molar-refractivity contribution in [3.63, 3.8) is 0 Å². The molecule has 2 amide bonds. The number of ether oxygens (including phenoxy) is 3. The van der Waals surface area contributed by atoms with Crippen LogP contribution in [-0.4, -0.2) is 98.0 Å². The zero-order chi connectivity index (χ0) is 32.0. The van der Waals surface area contributed by atoms with Gasteiger partial charge >= 0.3 is 0 Å². The molecule has 1 aliphatic rings. The van der Waals surface area contributed by atoms with Crippen LogP contribution >= 0.6 is 23.2 Å². The number of carbonyl (C=O) groups excluding carboxylic acids is 2. The molecule has 1 atom stereocenters. The number of sulfonamides is 1. The summed E-state index contributed by atoms with van der Waals surface area (Å²) in [6, 6.07) is 10.6. The van der Waals surface area contributed by atoms with Crippen LogP contribution in [0, 0.1) is 0 Å². The predicted octanol–water partition coefficient (Wildman–Crippen LogP) is 2.93. The van der Waals surface area contributed by atoms with E-state index in [1.165, 1.54) is 0 Å². The van der Waals surface area contributed by atoms with E-state index in [2.05, 4.69) is 20.3 Å². The van der Waals surface area contributed by atoms with Gasteiger partial charge in [-0.05, 0) is 54.9 Å². The first-order valence-corrected chi connectivity index (χ1v) is 16.9. The summed E-state index contributed by atoms with van der Waals surface area (Å²) in [7, 11) is -1.74. The highest BCUT2D eigenvalue weighted by Gasteiger charge is 2.28. The van der Waals surface area contributed by atoms with E-state index in [9.17, 15) is 18.0 Å². The molecule has 0 saturated heterocycles. The lowest BCUT2D eigenvalue weighted by Crippen LogP contribution is -2.31. The lowest BCUT2D eigenvalue weighted by molar-refractivity contribution is -0.126. The maximum Gasteiger partial charge on any atom is 0.240 e. The molecule has 44 heavy (non-hydrogen) atoms. The van der Waals surface area contributed by atoms with Crippen molar-refractivity contribution < 1.29 is 32.2 Å². The molecular weight excluding hydrogens is 631 g/mol. The van der Waals surface area contributed by atoms with Crippen molar-refractivity contribution in [3.8, 4) is 0 Å². The first-order valence-electron chi connectivity index (χ1n) is 14.6. The normalized spacial score (nSPS) is 15.1. The van der Waals surface area contributed by atoms with Crippen molar-refractivity contribution >= 4 is 45.0 Å². The number of amides is 2. The summed E-state index contributed by atoms with van der Waals surface area (Å²) in [6.45, 7) is 6.13. The van der Waals surface area contributed by atoms with Gasteiger partial charge in [0.1, 0.15) is 0 Å². The van der Waals surface area contributed by atoms with E-state index in [1.807, 2.05) is 26.1 Å². The van der Waals surface area contributed by atoms with Crippen LogP contribution in [0.15, 0.2) is 41.3 Å². The van der Waals surface area contributed by atoms with Crippen molar-refractivity contribution in [2.24, 2.45) is 0 Å². The Labute approximate surface area is 269 Å². The Hall–Kier alpha value is -2.29. The topological polar surface area (TPSA) is 135 Å². The monoisotopic (exact) mass is 672 g/mol. The summed E-state index contributed by atoms with van der Waals surface area (Å²) in [4.78, 5) is 25.4. The van der Waals surface area contributed by atoms with Crippen LogP contribution in [0.1, 0.15) is 42.4 Å². The second kappa shape index (κ2) is 18.6. The van der Waals surface area contributed by atoms with Gasteiger partial charge in [0.2, 0.25) is 21.8 Å². The molecule has 0 aromatic heterocycles. The number of rotatable bonds is 19. The SMILES string of the molecule is CCNC(=O)CCC(=O)NCCOCCOCCOCCNS(=O)(=O)c1cccc(C2CN(C)Cc3c(Cl)cc(Cl)cc32)c1. The highest BCUT2D eigenvalue weighted by atomic mass is 35.5. The zero-order valence-electron chi connectivity index (χ0n) is 25.2. The third kappa shape index (κ3) is 11.9. The molecule has 2 aromatic carbocycles. The fraction of sp³-hybridized carbons (Fsp3) is 0.533. The first-order chi connectivity index (χ1) is 21.1. The average molecular weight is 674 g/mol. The number of nitrogens with zero attached hydrogens (tertiary/aromatic N) is 1. The van der Waals surface area contributed by atoms with Gasteiger partial charge < -0.3 is 29.7 Å². The molecule has 0 fully saturated rings. The van der Waals surface area contributed by atoms with Gasteiger partial charge in [0.25, 0.3) is 0 Å². The van der Waals surface area contributed by atoms with Gasteiger partial charge in [-0.15, -0.1) is 0 Å². The molecule has 14 heteroatoms. The Bertz CT molecular complexity index is 1350. The van der Waals surface area contributed by atoms with Gasteiger partial charge in [-0.25, -0.2) is 13.1 Å². The number of likely N-dealkylation sites (N-methyl/N-ethyl adjacent to an activating group) is 1. The molecule has 11 nitrogen and oxygen atoms in total. The fourth-order valence-corrected chi connectivity index (χ4v) is 6.40. The summed E-state index contributed by atoms with van der Waals surface area (Å²) >= 11 is 12.8. The number of fused-ring (bicyclic) bond motifs is 1. The van der Waals surface area contributed by atoms with Crippen LogP contribution < -0.4 is 15.4 Å². The van der Waals surface area contributed by atoms with Crippen LogP contribution in [0.5, 0.6) is 0 Å². The number of nitrogens with one attached hydrogen (secondary N) is 3. The average Bonchev–Trinajstić information content (AvgIpc) is 2.98. The van der Waals surface area contributed by atoms with Crippen molar-refractivity contribution in [3.05, 3.63) is 63.1 Å². The molecule has 1 heterocycles. The molecule has 3 rings (SSSR count). The minimum atomic E-state index is -3.74. The smallest absolute Gasteiger partial charge is 0.240 e. The quantitative estimate of drug-likeness (QED) is 0.194. The Kier molecular flexibility index (Phi) is 15.3. The minimum absolute atomic E-state index is 0.0687. The Morgan fingerprint density at radius 3 is 2.23 bits per heavy atom. The van der Waals surface area contributed by atoms with Crippen molar-refractivity contribution in [2.75, 3.05) is 72.9 Å². The van der Waals surface area contributed by atoms with Crippen LogP contribution in [0.25, 0.3) is 0 Å². The fourth-order valence-electron chi connectivity index (χ4n) is 4.77. The van der Waals surface area contributed by atoms with Crippen LogP contribution in [0.4, 0.5) is 0 Å². The third-order valence-corrected chi connectivity index (χ3v) is 8.88. The van der Waals surface area contributed by atoms with Crippen molar-refractivity contribution in [1.82, 2.24) is 20.3 Å². The van der Waals surface area contributed by atoms with E-state index in [0.29, 0.717) is 69.3 Å². The summed E-state index contributed by atoms with van der Waals surface area (Å²) < 4.78 is 44.9. The van der Waals surface area contributed by atoms with E-state index in [1.54, 1.807) is 24.3 Å². The lowest BCUT2D eigenvalue weighted by atomic mass is 9.85. The number of hydrogen-bond donors (Lipinski definition) is 3. The van der Waals surface area contributed by atoms with E-state index in [-0.39, 0.29) is 48.6 Å². The molecule has 1 aliphatic heterocycles. The molecule has 0 radical (unpaired) electrons. The largest absolute Gasteiger partial charge is 0.378 e. The molecule has 1 unspecified atom stereocenters. The number of carbonyl (C=O) groups is 2. The first kappa shape index (κ1) is 36.2. The van der Waals surface area contributed by atoms with Gasteiger partial charge in [-0.2, -0.15) is 0 Å². The van der Waals surface area contributed by atoms with Crippen LogP contribution in [-0.2, 0) is 40.4 Å². The van der Waals surface area contributed by atoms with Gasteiger partial charge in [0.05, 0.1) is 44.5 Å². The lowest BCUT2D eigenvalue weighted by Gasteiger charge is -2.33. The summed E-state index contributed by atoms with van der Waals surface area (Å²) in [5, 5.41) is 6.50. The van der Waals surface area contributed by atoms with E-state index >= 15 is 0 Å². The predicted molar refractivity (Wildman–Crippen MR) is 170 cm³/mol. The Balaban J connectivity index is 1.29. The molecule has 0 saturated carbocycles. The van der Waals surface area contributed by atoms with Gasteiger partial charge in [-0.1, -0.05) is 35.3 Å². The van der Waals surface area contributed by atoms with Crippen LogP contribution in [0.2, 0.25) is 10.0 Å². The van der Waals surface area contributed by atoms with E-state index in [4.69, 9.17) is 37.4 Å². The second-order valence-electron chi connectivity index (χ2n) is 10.3. The molecule has 0 spiro atoms. The highest BCUT2D eigenvalue weighted by Crippen LogP contribution is 2.38. The van der Waals surface area contributed by atoms with Crippen molar-refractivity contribution in [1.29, 1.82) is 0 Å². The maximum absolute atomic E-state index is 13.0. The number of halogens is 2. The molecule has 3 N–H and O–H groups in total. The van der Waals surface area contributed by atoms with E-state index in [0.717, 1.165) is 16.7 Å². The standard InChI is InChI=1S/C30H42Cl2N4O7S/c1-3-33-29(37)7-8-30(38)34-9-11-41-13-15-43-16-14-42-12-10-35-44(39,40)24-6-4-5-22(17-24)26-20-36(2)21-27-25(26)18-23(31)19-28(27)32/h4-6,17-19,26,35H,3,7-16,20-21H2,1-2H3,(H,33,37)(H,34,38). The minimum Gasteiger partial charge on any atom is -0.378 e. The summed E-state index contributed by atoms with van der Waals surface area (Å²) in [6.07, 6.45) is 0.306. The van der Waals surface area contributed by atoms with E-state index < -0.39 is 10.0 Å².